The van der Waals surface area contributed by atoms with Crippen LogP contribution in [0.3, 0.4) is 0 Å². The van der Waals surface area contributed by atoms with Crippen molar-refractivity contribution in [1.29, 1.82) is 0 Å². The van der Waals surface area contributed by atoms with Crippen molar-refractivity contribution in [3.8, 4) is 5.69 Å². The highest BCUT2D eigenvalue weighted by Gasteiger charge is 2.32. The fourth-order valence-electron chi connectivity index (χ4n) is 2.56. The quantitative estimate of drug-likeness (QED) is 0.571. The van der Waals surface area contributed by atoms with Gasteiger partial charge in [0.2, 0.25) is 0 Å². The van der Waals surface area contributed by atoms with Crippen molar-refractivity contribution in [2.24, 2.45) is 0 Å². The van der Waals surface area contributed by atoms with Crippen LogP contribution < -0.4 is 0 Å². The Kier molecular flexibility index (Phi) is 4.38. The van der Waals surface area contributed by atoms with Gasteiger partial charge in [-0.1, -0.05) is 68.3 Å². The van der Waals surface area contributed by atoms with Crippen LogP contribution in [-0.2, 0) is 11.2 Å². The van der Waals surface area contributed by atoms with E-state index in [1.807, 2.05) is 35.8 Å². The lowest BCUT2D eigenvalue weighted by atomic mass is 10.1. The van der Waals surface area contributed by atoms with E-state index in [1.165, 1.54) is 6.92 Å². The number of ketones is 1. The highest BCUT2D eigenvalue weighted by atomic mass is 79.9. The minimum absolute atomic E-state index is 0.0115. The summed E-state index contributed by atoms with van der Waals surface area (Å²) in [6.07, 6.45) is 0.395. The predicted molar refractivity (Wildman–Crippen MR) is 98.6 cm³/mol. The first-order valence-corrected chi connectivity index (χ1v) is 8.76. The second kappa shape index (κ2) is 6.17. The molecule has 2 aromatic carbocycles. The van der Waals surface area contributed by atoms with E-state index in [9.17, 15) is 4.79 Å². The number of halogens is 2. The maximum atomic E-state index is 11.8. The van der Waals surface area contributed by atoms with E-state index < -0.39 is 3.23 Å². The van der Waals surface area contributed by atoms with Crippen LogP contribution in [-0.4, -0.2) is 23.8 Å². The highest BCUT2D eigenvalue weighted by Crippen LogP contribution is 2.33. The molecule has 0 spiro atoms. The van der Waals surface area contributed by atoms with E-state index in [2.05, 4.69) is 60.3 Å². The molecule has 0 unspecified atom stereocenters. The topological polar surface area (TPSA) is 47.8 Å². The number of Topliss-reactive ketones (excluding diaryl/α,β-unsaturated/α-hetero) is 1. The minimum atomic E-state index is -0.832. The molecular formula is C17H15Br2N3O. The number of benzene rings is 2. The van der Waals surface area contributed by atoms with Gasteiger partial charge < -0.3 is 0 Å². The van der Waals surface area contributed by atoms with Crippen LogP contribution in [0.25, 0.3) is 16.5 Å². The minimum Gasteiger partial charge on any atom is -0.297 e. The summed E-state index contributed by atoms with van der Waals surface area (Å²) in [6.45, 7) is 3.45. The largest absolute Gasteiger partial charge is 0.297 e. The van der Waals surface area contributed by atoms with Gasteiger partial charge in [-0.05, 0) is 25.3 Å². The van der Waals surface area contributed by atoms with Gasteiger partial charge in [-0.15, -0.1) is 10.2 Å². The van der Waals surface area contributed by atoms with Crippen molar-refractivity contribution in [3.05, 3.63) is 54.1 Å². The van der Waals surface area contributed by atoms with Gasteiger partial charge in [0.05, 0.1) is 5.69 Å². The van der Waals surface area contributed by atoms with E-state index in [0.717, 1.165) is 28.1 Å². The Morgan fingerprint density at radius 1 is 1.13 bits per heavy atom. The van der Waals surface area contributed by atoms with Crippen molar-refractivity contribution in [1.82, 2.24) is 14.8 Å². The van der Waals surface area contributed by atoms with E-state index in [0.29, 0.717) is 6.42 Å². The van der Waals surface area contributed by atoms with Gasteiger partial charge in [-0.3, -0.25) is 9.36 Å². The number of rotatable bonds is 4. The zero-order valence-corrected chi connectivity index (χ0v) is 15.9. The molecule has 0 aliphatic carbocycles. The third-order valence-electron chi connectivity index (χ3n) is 3.79. The maximum absolute atomic E-state index is 11.8. The molecule has 0 fully saturated rings. The van der Waals surface area contributed by atoms with Gasteiger partial charge in [0.15, 0.2) is 5.78 Å². The molecule has 0 amide bonds. The summed E-state index contributed by atoms with van der Waals surface area (Å²) in [5.74, 6) is 1.50. The van der Waals surface area contributed by atoms with E-state index in [4.69, 9.17) is 0 Å². The van der Waals surface area contributed by atoms with E-state index in [-0.39, 0.29) is 5.78 Å². The fourth-order valence-corrected chi connectivity index (χ4v) is 3.06. The lowest BCUT2D eigenvalue weighted by molar-refractivity contribution is -0.117. The Labute approximate surface area is 151 Å². The first-order valence-electron chi connectivity index (χ1n) is 7.18. The molecular weight excluding hydrogens is 422 g/mol. The molecule has 4 nitrogen and oxygen atoms in total. The van der Waals surface area contributed by atoms with Gasteiger partial charge >= 0.3 is 0 Å². The van der Waals surface area contributed by atoms with Crippen LogP contribution in [0.1, 0.15) is 18.6 Å². The lowest BCUT2D eigenvalue weighted by Crippen LogP contribution is -2.26. The number of fused-ring (bicyclic) bond motifs is 1. The number of hydrogen-bond donors (Lipinski definition) is 0. The number of carbonyl (C=O) groups excluding carboxylic acids is 1. The smallest absolute Gasteiger partial charge is 0.157 e. The number of carbonyl (C=O) groups is 1. The Hall–Kier alpha value is -1.53. The first-order chi connectivity index (χ1) is 10.9. The molecule has 3 aromatic rings. The second-order valence-electron chi connectivity index (χ2n) is 5.43. The first kappa shape index (κ1) is 16.3. The molecule has 0 saturated carbocycles. The van der Waals surface area contributed by atoms with Gasteiger partial charge in [0.25, 0.3) is 0 Å². The summed E-state index contributed by atoms with van der Waals surface area (Å²) in [6, 6.07) is 14.3. The molecule has 0 saturated heterocycles. The molecule has 0 atom stereocenters. The van der Waals surface area contributed by atoms with Crippen molar-refractivity contribution in [2.75, 3.05) is 0 Å². The van der Waals surface area contributed by atoms with Crippen LogP contribution in [0.2, 0.25) is 0 Å². The Balaban J connectivity index is 2.17. The third kappa shape index (κ3) is 3.10. The molecule has 6 heteroatoms. The van der Waals surface area contributed by atoms with Crippen molar-refractivity contribution < 1.29 is 4.79 Å². The van der Waals surface area contributed by atoms with Crippen LogP contribution in [0.5, 0.6) is 0 Å². The number of aromatic nitrogens is 3. The number of alkyl halides is 2. The van der Waals surface area contributed by atoms with E-state index in [1.54, 1.807) is 0 Å². The molecule has 1 heterocycles. The molecule has 118 valence electrons. The zero-order valence-electron chi connectivity index (χ0n) is 12.8. The zero-order chi connectivity index (χ0) is 16.6. The molecule has 0 radical (unpaired) electrons. The van der Waals surface area contributed by atoms with Crippen LogP contribution >= 0.6 is 31.9 Å². The van der Waals surface area contributed by atoms with Gasteiger partial charge in [0.1, 0.15) is 14.9 Å². The lowest BCUT2D eigenvalue weighted by Gasteiger charge is -2.18. The summed E-state index contributed by atoms with van der Waals surface area (Å²) in [5, 5.41) is 10.7. The standard InChI is InChI=1S/C17H15Br2N3O/c1-11(23)17(18,19)10-16-21-20-12(2)22(16)15-9-5-7-13-6-3-4-8-14(13)15/h3-9H,10H2,1-2H3. The molecule has 0 N–H and O–H groups in total. The molecule has 0 bridgehead atoms. The maximum Gasteiger partial charge on any atom is 0.157 e. The summed E-state index contributed by atoms with van der Waals surface area (Å²) in [7, 11) is 0. The van der Waals surface area contributed by atoms with Gasteiger partial charge in [-0.2, -0.15) is 0 Å². The summed E-state index contributed by atoms with van der Waals surface area (Å²) in [5.41, 5.74) is 1.01. The van der Waals surface area contributed by atoms with E-state index >= 15 is 0 Å². The van der Waals surface area contributed by atoms with Gasteiger partial charge in [-0.25, -0.2) is 0 Å². The average Bonchev–Trinajstić information content (AvgIpc) is 2.86. The normalized spacial score (nSPS) is 11.8. The summed E-state index contributed by atoms with van der Waals surface area (Å²) < 4.78 is 1.17. The second-order valence-corrected chi connectivity index (χ2v) is 9.21. The summed E-state index contributed by atoms with van der Waals surface area (Å²) >= 11 is 6.87. The monoisotopic (exact) mass is 435 g/mol. The van der Waals surface area contributed by atoms with Crippen molar-refractivity contribution in [3.63, 3.8) is 0 Å². The molecule has 1 aromatic heterocycles. The van der Waals surface area contributed by atoms with Crippen molar-refractivity contribution in [2.45, 2.75) is 23.5 Å². The Morgan fingerprint density at radius 3 is 2.57 bits per heavy atom. The third-order valence-corrected chi connectivity index (χ3v) is 5.47. The highest BCUT2D eigenvalue weighted by molar-refractivity contribution is 9.25. The molecule has 0 aliphatic rings. The SMILES string of the molecule is CC(=O)C(Br)(Br)Cc1nnc(C)n1-c1cccc2ccccc12. The fraction of sp³-hybridized carbons (Fsp3) is 0.235. The Bertz CT molecular complexity index is 881. The molecule has 3 rings (SSSR count). The average molecular weight is 437 g/mol. The van der Waals surface area contributed by atoms with Crippen molar-refractivity contribution >= 4 is 48.4 Å². The van der Waals surface area contributed by atoms with Crippen LogP contribution in [0, 0.1) is 6.92 Å². The number of nitrogens with zero attached hydrogens (tertiary/aromatic N) is 3. The van der Waals surface area contributed by atoms with Crippen LogP contribution in [0.4, 0.5) is 0 Å². The van der Waals surface area contributed by atoms with Crippen LogP contribution in [0.15, 0.2) is 42.5 Å². The molecule has 23 heavy (non-hydrogen) atoms. The summed E-state index contributed by atoms with van der Waals surface area (Å²) in [4.78, 5) is 11.8. The van der Waals surface area contributed by atoms with Gasteiger partial charge in [0, 0.05) is 11.8 Å². The number of hydrogen-bond acceptors (Lipinski definition) is 3. The predicted octanol–water partition coefficient (Wildman–Crippen LogP) is 4.35. The molecule has 0 aliphatic heterocycles. The number of aryl methyl sites for hydroxylation is 1. The Morgan fingerprint density at radius 2 is 1.83 bits per heavy atom.